The quantitative estimate of drug-likeness (QED) is 0.141. The summed E-state index contributed by atoms with van der Waals surface area (Å²) < 4.78 is 1.71. The van der Waals surface area contributed by atoms with Gasteiger partial charge in [-0.1, -0.05) is 52.6 Å². The highest BCUT2D eigenvalue weighted by Crippen LogP contribution is 2.28. The molecule has 0 aliphatic heterocycles. The second-order valence-electron chi connectivity index (χ2n) is 7.32. The number of hydrogen-bond acceptors (Lipinski definition) is 7. The summed E-state index contributed by atoms with van der Waals surface area (Å²) in [5, 5.41) is 25.9. The molecule has 0 saturated carbocycles. The number of rotatable bonds is 10. The average Bonchev–Trinajstić information content (AvgIpc) is 3.21. The number of nitro benzene ring substituents is 1. The molecule has 0 spiro atoms. The van der Waals surface area contributed by atoms with Crippen molar-refractivity contribution in [3.63, 3.8) is 0 Å². The summed E-state index contributed by atoms with van der Waals surface area (Å²) in [6.45, 7) is 5.79. The van der Waals surface area contributed by atoms with Crippen LogP contribution in [0.1, 0.15) is 29.1 Å². The van der Waals surface area contributed by atoms with Crippen LogP contribution in [0, 0.1) is 10.1 Å². The lowest BCUT2D eigenvalue weighted by Gasteiger charge is -2.16. The first-order valence-electron chi connectivity index (χ1n) is 10.3. The topological polar surface area (TPSA) is 132 Å². The average molecular weight is 570 g/mol. The molecule has 2 N–H and O–H groups in total. The summed E-state index contributed by atoms with van der Waals surface area (Å²) in [6, 6.07) is 7.77. The maximum absolute atomic E-state index is 12.7. The molecular formula is C22H19Cl3N6O4S. The van der Waals surface area contributed by atoms with Crippen LogP contribution in [0.15, 0.2) is 54.2 Å². The molecule has 0 aliphatic carbocycles. The van der Waals surface area contributed by atoms with Crippen LogP contribution in [-0.4, -0.2) is 37.3 Å². The number of nitrogens with zero attached hydrogens (tertiary/aromatic N) is 4. The number of benzene rings is 2. The van der Waals surface area contributed by atoms with E-state index in [9.17, 15) is 19.7 Å². The van der Waals surface area contributed by atoms with Crippen LogP contribution < -0.4 is 10.6 Å². The lowest BCUT2D eigenvalue weighted by atomic mass is 10.2. The number of anilines is 1. The number of hydrogen-bond donors (Lipinski definition) is 2. The Labute approximate surface area is 225 Å². The first-order valence-corrected chi connectivity index (χ1v) is 12.4. The van der Waals surface area contributed by atoms with E-state index in [1.54, 1.807) is 23.6 Å². The number of aromatic nitrogens is 3. The zero-order chi connectivity index (χ0) is 26.4. The van der Waals surface area contributed by atoms with Gasteiger partial charge in [0.1, 0.15) is 0 Å². The smallest absolute Gasteiger partial charge is 0.271 e. The summed E-state index contributed by atoms with van der Waals surface area (Å²) >= 11 is 19.2. The van der Waals surface area contributed by atoms with Gasteiger partial charge in [0.2, 0.25) is 5.91 Å². The lowest BCUT2D eigenvalue weighted by molar-refractivity contribution is -0.384. The van der Waals surface area contributed by atoms with Gasteiger partial charge in [0.15, 0.2) is 11.0 Å². The number of carbonyl (C=O) groups excluding carboxylic acids is 2. The first kappa shape index (κ1) is 27.5. The van der Waals surface area contributed by atoms with Crippen LogP contribution in [0.2, 0.25) is 15.1 Å². The highest BCUT2D eigenvalue weighted by atomic mass is 35.5. The van der Waals surface area contributed by atoms with Crippen molar-refractivity contribution in [2.45, 2.75) is 24.7 Å². The molecule has 36 heavy (non-hydrogen) atoms. The molecule has 2 aromatic carbocycles. The maximum Gasteiger partial charge on any atom is 0.271 e. The first-order chi connectivity index (χ1) is 17.1. The van der Waals surface area contributed by atoms with E-state index in [4.69, 9.17) is 34.8 Å². The fraction of sp³-hybridized carbons (Fsp3) is 0.182. The Morgan fingerprint density at radius 3 is 2.61 bits per heavy atom. The molecule has 0 bridgehead atoms. The Morgan fingerprint density at radius 2 is 1.94 bits per heavy atom. The number of nitro groups is 1. The van der Waals surface area contributed by atoms with E-state index < -0.39 is 22.8 Å². The predicted molar refractivity (Wildman–Crippen MR) is 140 cm³/mol. The van der Waals surface area contributed by atoms with Gasteiger partial charge in [0, 0.05) is 23.7 Å². The number of halogens is 3. The van der Waals surface area contributed by atoms with E-state index in [1.165, 1.54) is 30.3 Å². The molecule has 0 aliphatic rings. The molecule has 1 heterocycles. The van der Waals surface area contributed by atoms with Crippen LogP contribution in [0.3, 0.4) is 0 Å². The molecule has 3 aromatic rings. The van der Waals surface area contributed by atoms with E-state index >= 15 is 0 Å². The zero-order valence-corrected chi connectivity index (χ0v) is 21.8. The van der Waals surface area contributed by atoms with E-state index in [-0.39, 0.29) is 32.7 Å². The number of carbonyl (C=O) groups is 2. The molecule has 14 heteroatoms. The SMILES string of the molecule is C=CCn1c(SCC(=O)Nc2cc([N+](=O)[O-])ccc2Cl)nnc1[C@@H](C)NC(=O)c1ccc(Cl)cc1Cl. The molecule has 0 radical (unpaired) electrons. The Hall–Kier alpha value is -3.12. The number of amides is 2. The Bertz CT molecular complexity index is 1330. The Kier molecular flexibility index (Phi) is 9.32. The van der Waals surface area contributed by atoms with Gasteiger partial charge >= 0.3 is 0 Å². The minimum Gasteiger partial charge on any atom is -0.342 e. The lowest BCUT2D eigenvalue weighted by Crippen LogP contribution is -2.29. The third-order valence-corrected chi connectivity index (χ3v) is 6.58. The van der Waals surface area contributed by atoms with Crippen molar-refractivity contribution in [3.8, 4) is 0 Å². The Morgan fingerprint density at radius 1 is 1.19 bits per heavy atom. The maximum atomic E-state index is 12.7. The largest absolute Gasteiger partial charge is 0.342 e. The normalized spacial score (nSPS) is 11.6. The van der Waals surface area contributed by atoms with Gasteiger partial charge in [-0.3, -0.25) is 19.7 Å². The third-order valence-electron chi connectivity index (χ3n) is 4.73. The number of nitrogens with one attached hydrogen (secondary N) is 2. The molecular weight excluding hydrogens is 551 g/mol. The van der Waals surface area contributed by atoms with Crippen LogP contribution >= 0.6 is 46.6 Å². The van der Waals surface area contributed by atoms with Gasteiger partial charge in [-0.15, -0.1) is 16.8 Å². The summed E-state index contributed by atoms with van der Waals surface area (Å²) in [7, 11) is 0. The minimum atomic E-state index is -0.582. The van der Waals surface area contributed by atoms with Crippen molar-refractivity contribution in [2.24, 2.45) is 0 Å². The number of allylic oxidation sites excluding steroid dienone is 1. The van der Waals surface area contributed by atoms with Crippen LogP contribution in [0.25, 0.3) is 0 Å². The standard InChI is InChI=1S/C22H19Cl3N6O4S/c1-3-8-30-20(12(2)26-21(33)15-6-4-13(23)9-17(15)25)28-29-22(30)36-11-19(32)27-18-10-14(31(34)35)5-7-16(18)24/h3-7,9-10,12H,1,8,11H2,2H3,(H,26,33)(H,27,32)/t12-/m1/s1. The second kappa shape index (κ2) is 12.2. The van der Waals surface area contributed by atoms with Crippen LogP contribution in [-0.2, 0) is 11.3 Å². The molecule has 1 atom stereocenters. The van der Waals surface area contributed by atoms with E-state index in [2.05, 4.69) is 27.4 Å². The Balaban J connectivity index is 1.70. The molecule has 0 saturated heterocycles. The van der Waals surface area contributed by atoms with Crippen molar-refractivity contribution in [1.29, 1.82) is 0 Å². The highest BCUT2D eigenvalue weighted by Gasteiger charge is 2.22. The second-order valence-corrected chi connectivity index (χ2v) is 9.51. The van der Waals surface area contributed by atoms with Crippen LogP contribution in [0.4, 0.5) is 11.4 Å². The summed E-state index contributed by atoms with van der Waals surface area (Å²) in [5.74, 6) is -0.497. The molecule has 0 unspecified atom stereocenters. The molecule has 3 rings (SSSR count). The van der Waals surface area contributed by atoms with Gasteiger partial charge in [0.25, 0.3) is 11.6 Å². The number of thioether (sulfide) groups is 1. The van der Waals surface area contributed by atoms with Gasteiger partial charge in [-0.2, -0.15) is 0 Å². The highest BCUT2D eigenvalue weighted by molar-refractivity contribution is 7.99. The van der Waals surface area contributed by atoms with Crippen LogP contribution in [0.5, 0.6) is 0 Å². The molecule has 2 amide bonds. The van der Waals surface area contributed by atoms with Crippen molar-refractivity contribution in [2.75, 3.05) is 11.1 Å². The molecule has 1 aromatic heterocycles. The van der Waals surface area contributed by atoms with Gasteiger partial charge < -0.3 is 15.2 Å². The molecule has 188 valence electrons. The fourth-order valence-corrected chi connectivity index (χ4v) is 4.49. The third kappa shape index (κ3) is 6.76. The minimum absolute atomic E-state index is 0.0740. The van der Waals surface area contributed by atoms with Crippen molar-refractivity contribution in [3.05, 3.63) is 85.6 Å². The monoisotopic (exact) mass is 568 g/mol. The van der Waals surface area contributed by atoms with Crippen molar-refractivity contribution in [1.82, 2.24) is 20.1 Å². The summed E-state index contributed by atoms with van der Waals surface area (Å²) in [6.07, 6.45) is 1.63. The van der Waals surface area contributed by atoms with Gasteiger partial charge in [-0.05, 0) is 31.2 Å². The summed E-state index contributed by atoms with van der Waals surface area (Å²) in [5.41, 5.74) is 0.185. The van der Waals surface area contributed by atoms with Gasteiger partial charge in [-0.25, -0.2) is 0 Å². The van der Waals surface area contributed by atoms with E-state index in [0.29, 0.717) is 22.5 Å². The van der Waals surface area contributed by atoms with E-state index in [1.807, 2.05) is 0 Å². The predicted octanol–water partition coefficient (Wildman–Crippen LogP) is 5.55. The van der Waals surface area contributed by atoms with E-state index in [0.717, 1.165) is 11.8 Å². The molecule has 0 fully saturated rings. The summed E-state index contributed by atoms with van der Waals surface area (Å²) in [4.78, 5) is 35.6. The number of non-ortho nitro benzene ring substituents is 1. The molecule has 10 nitrogen and oxygen atoms in total. The van der Waals surface area contributed by atoms with Gasteiger partial charge in [0.05, 0.1) is 38.0 Å². The van der Waals surface area contributed by atoms with Crippen molar-refractivity contribution >= 4 is 69.8 Å². The fourth-order valence-electron chi connectivity index (χ4n) is 3.08. The van der Waals surface area contributed by atoms with Crippen molar-refractivity contribution < 1.29 is 14.5 Å². The zero-order valence-electron chi connectivity index (χ0n) is 18.7.